The van der Waals surface area contributed by atoms with Crippen molar-refractivity contribution in [1.29, 1.82) is 0 Å². The molecule has 0 aromatic heterocycles. The smallest absolute Gasteiger partial charge is 0.293 e. The van der Waals surface area contributed by atoms with E-state index in [1.165, 1.54) is 25.7 Å². The van der Waals surface area contributed by atoms with E-state index in [2.05, 4.69) is 6.92 Å². The highest BCUT2D eigenvalue weighted by molar-refractivity contribution is 5.88. The second-order valence-electron chi connectivity index (χ2n) is 4.33. The minimum atomic E-state index is -0.429. The number of hydrogen-bond acceptors (Lipinski definition) is 3. The highest BCUT2D eigenvalue weighted by Crippen LogP contribution is 2.06. The Hall–Kier alpha value is -1.35. The lowest BCUT2D eigenvalue weighted by molar-refractivity contribution is -0.241. The summed E-state index contributed by atoms with van der Waals surface area (Å²) in [6, 6.07) is 8.86. The summed E-state index contributed by atoms with van der Waals surface area (Å²) in [6.45, 7) is 2.68. The predicted octanol–water partition coefficient (Wildman–Crippen LogP) is 4.14. The summed E-state index contributed by atoms with van der Waals surface area (Å²) in [5.41, 5.74) is 0.514. The van der Waals surface area contributed by atoms with Gasteiger partial charge in [0.25, 0.3) is 0 Å². The Bertz CT molecular complexity index is 322. The highest BCUT2D eigenvalue weighted by atomic mass is 17.2. The molecule has 0 aliphatic carbocycles. The second-order valence-corrected chi connectivity index (χ2v) is 4.33. The molecule has 0 amide bonds. The lowest BCUT2D eigenvalue weighted by Gasteiger charge is -2.03. The first-order valence-corrected chi connectivity index (χ1v) is 6.73. The van der Waals surface area contributed by atoms with Crippen LogP contribution < -0.4 is 0 Å². The molecule has 3 heteroatoms. The van der Waals surface area contributed by atoms with E-state index in [1.54, 1.807) is 24.3 Å². The maximum Gasteiger partial charge on any atom is 0.373 e. The summed E-state index contributed by atoms with van der Waals surface area (Å²) in [5.74, 6) is -0.429. The molecule has 3 nitrogen and oxygen atoms in total. The largest absolute Gasteiger partial charge is 0.373 e. The SMILES string of the molecule is CCCCCCCCOOC(=O)c1ccccc1. The van der Waals surface area contributed by atoms with Gasteiger partial charge < -0.3 is 0 Å². The normalized spacial score (nSPS) is 10.3. The summed E-state index contributed by atoms with van der Waals surface area (Å²) in [7, 11) is 0. The first-order chi connectivity index (χ1) is 8.84. The van der Waals surface area contributed by atoms with Crippen LogP contribution in [-0.2, 0) is 9.78 Å². The molecule has 0 aliphatic rings. The van der Waals surface area contributed by atoms with Crippen LogP contribution in [0.3, 0.4) is 0 Å². The Morgan fingerprint density at radius 1 is 1.00 bits per heavy atom. The molecule has 0 bridgehead atoms. The van der Waals surface area contributed by atoms with Crippen LogP contribution in [0.1, 0.15) is 55.8 Å². The average molecular weight is 250 g/mol. The fraction of sp³-hybridized carbons (Fsp3) is 0.533. The van der Waals surface area contributed by atoms with Gasteiger partial charge in [-0.15, -0.1) is 0 Å². The van der Waals surface area contributed by atoms with Gasteiger partial charge in [0.15, 0.2) is 0 Å². The van der Waals surface area contributed by atoms with E-state index in [0.29, 0.717) is 12.2 Å². The van der Waals surface area contributed by atoms with Crippen LogP contribution >= 0.6 is 0 Å². The van der Waals surface area contributed by atoms with E-state index in [1.807, 2.05) is 6.07 Å². The van der Waals surface area contributed by atoms with Gasteiger partial charge in [-0.25, -0.2) is 4.79 Å². The Balaban J connectivity index is 2.00. The zero-order valence-corrected chi connectivity index (χ0v) is 11.1. The van der Waals surface area contributed by atoms with Gasteiger partial charge in [-0.2, -0.15) is 4.89 Å². The molecule has 0 saturated heterocycles. The molecule has 18 heavy (non-hydrogen) atoms. The molecule has 0 aliphatic heterocycles. The zero-order chi connectivity index (χ0) is 13.1. The minimum absolute atomic E-state index is 0.429. The zero-order valence-electron chi connectivity index (χ0n) is 11.1. The lowest BCUT2D eigenvalue weighted by Crippen LogP contribution is -2.06. The molecule has 1 rings (SSSR count). The maximum atomic E-state index is 11.5. The monoisotopic (exact) mass is 250 g/mol. The van der Waals surface area contributed by atoms with Gasteiger partial charge in [-0.05, 0) is 18.6 Å². The number of rotatable bonds is 9. The Morgan fingerprint density at radius 2 is 1.67 bits per heavy atom. The van der Waals surface area contributed by atoms with Crippen molar-refractivity contribution in [2.45, 2.75) is 45.4 Å². The Labute approximate surface area is 109 Å². The summed E-state index contributed by atoms with van der Waals surface area (Å²) >= 11 is 0. The van der Waals surface area contributed by atoms with Crippen LogP contribution in [0, 0.1) is 0 Å². The van der Waals surface area contributed by atoms with Crippen LogP contribution in [0.2, 0.25) is 0 Å². The van der Waals surface area contributed by atoms with E-state index in [9.17, 15) is 4.79 Å². The molecular weight excluding hydrogens is 228 g/mol. The molecule has 0 unspecified atom stereocenters. The van der Waals surface area contributed by atoms with Gasteiger partial charge in [0.2, 0.25) is 0 Å². The van der Waals surface area contributed by atoms with E-state index in [-0.39, 0.29) is 0 Å². The van der Waals surface area contributed by atoms with Gasteiger partial charge in [0, 0.05) is 0 Å². The Kier molecular flexibility index (Phi) is 7.89. The van der Waals surface area contributed by atoms with Gasteiger partial charge in [-0.3, -0.25) is 4.89 Å². The van der Waals surface area contributed by atoms with Crippen LogP contribution in [-0.4, -0.2) is 12.6 Å². The minimum Gasteiger partial charge on any atom is -0.293 e. The van der Waals surface area contributed by atoms with E-state index in [0.717, 1.165) is 12.8 Å². The van der Waals surface area contributed by atoms with Crippen molar-refractivity contribution < 1.29 is 14.6 Å². The average Bonchev–Trinajstić information content (AvgIpc) is 2.42. The molecule has 0 atom stereocenters. The standard InChI is InChI=1S/C15H22O3/c1-2-3-4-5-6-10-13-17-18-15(16)14-11-8-7-9-12-14/h7-9,11-12H,2-6,10,13H2,1H3. The van der Waals surface area contributed by atoms with E-state index >= 15 is 0 Å². The maximum absolute atomic E-state index is 11.5. The van der Waals surface area contributed by atoms with E-state index in [4.69, 9.17) is 9.78 Å². The van der Waals surface area contributed by atoms with Crippen molar-refractivity contribution in [2.75, 3.05) is 6.61 Å². The van der Waals surface area contributed by atoms with Crippen LogP contribution in [0.5, 0.6) is 0 Å². The summed E-state index contributed by atoms with van der Waals surface area (Å²) < 4.78 is 0. The number of hydrogen-bond donors (Lipinski definition) is 0. The number of unbranched alkanes of at least 4 members (excludes halogenated alkanes) is 5. The molecule has 100 valence electrons. The fourth-order valence-electron chi connectivity index (χ4n) is 1.66. The number of benzene rings is 1. The van der Waals surface area contributed by atoms with Crippen molar-refractivity contribution in [3.8, 4) is 0 Å². The molecule has 1 aromatic carbocycles. The fourth-order valence-corrected chi connectivity index (χ4v) is 1.66. The summed E-state index contributed by atoms with van der Waals surface area (Å²) in [4.78, 5) is 21.1. The van der Waals surface area contributed by atoms with Gasteiger partial charge in [0.1, 0.15) is 0 Å². The summed E-state index contributed by atoms with van der Waals surface area (Å²) in [5, 5.41) is 0. The van der Waals surface area contributed by atoms with Gasteiger partial charge >= 0.3 is 5.97 Å². The molecule has 1 aromatic rings. The molecular formula is C15H22O3. The van der Waals surface area contributed by atoms with Crippen LogP contribution in [0.4, 0.5) is 0 Å². The third kappa shape index (κ3) is 6.40. The highest BCUT2D eigenvalue weighted by Gasteiger charge is 2.06. The third-order valence-corrected chi connectivity index (χ3v) is 2.73. The Morgan fingerprint density at radius 3 is 2.39 bits per heavy atom. The van der Waals surface area contributed by atoms with Gasteiger partial charge in [0.05, 0.1) is 12.2 Å². The van der Waals surface area contributed by atoms with Gasteiger partial charge in [-0.1, -0.05) is 57.2 Å². The number of carbonyl (C=O) groups is 1. The molecule has 0 heterocycles. The van der Waals surface area contributed by atoms with Crippen molar-refractivity contribution in [1.82, 2.24) is 0 Å². The first kappa shape index (κ1) is 14.7. The number of carbonyl (C=O) groups excluding carboxylic acids is 1. The van der Waals surface area contributed by atoms with Crippen molar-refractivity contribution in [2.24, 2.45) is 0 Å². The molecule has 0 radical (unpaired) electrons. The van der Waals surface area contributed by atoms with Crippen LogP contribution in [0.25, 0.3) is 0 Å². The predicted molar refractivity (Wildman–Crippen MR) is 71.2 cm³/mol. The summed E-state index contributed by atoms with van der Waals surface area (Å²) in [6.07, 6.45) is 7.12. The lowest BCUT2D eigenvalue weighted by atomic mass is 10.1. The molecule has 0 spiro atoms. The van der Waals surface area contributed by atoms with Crippen LogP contribution in [0.15, 0.2) is 30.3 Å². The van der Waals surface area contributed by atoms with Crippen molar-refractivity contribution in [3.05, 3.63) is 35.9 Å². The van der Waals surface area contributed by atoms with Crippen molar-refractivity contribution in [3.63, 3.8) is 0 Å². The second kappa shape index (κ2) is 9.66. The molecule has 0 fully saturated rings. The first-order valence-electron chi connectivity index (χ1n) is 6.73. The molecule has 0 saturated carbocycles. The van der Waals surface area contributed by atoms with Crippen molar-refractivity contribution >= 4 is 5.97 Å². The third-order valence-electron chi connectivity index (χ3n) is 2.73. The quantitative estimate of drug-likeness (QED) is 0.375. The molecule has 0 N–H and O–H groups in total. The van der Waals surface area contributed by atoms with E-state index < -0.39 is 5.97 Å². The topological polar surface area (TPSA) is 35.5 Å².